The monoisotopic (exact) mass is 328 g/mol. The minimum absolute atomic E-state index is 0. The van der Waals surface area contributed by atoms with E-state index < -0.39 is 0 Å². The van der Waals surface area contributed by atoms with E-state index in [1.165, 1.54) is 6.07 Å². The summed E-state index contributed by atoms with van der Waals surface area (Å²) in [4.78, 5) is 12.2. The van der Waals surface area contributed by atoms with Gasteiger partial charge in [0, 0.05) is 18.5 Å². The van der Waals surface area contributed by atoms with Crippen molar-refractivity contribution in [2.24, 2.45) is 11.8 Å². The first-order valence-corrected chi connectivity index (χ1v) is 7.82. The molecule has 2 N–H and O–H groups in total. The molecule has 5 heteroatoms. The first-order valence-electron chi connectivity index (χ1n) is 7.82. The maximum atomic E-state index is 13.6. The lowest BCUT2D eigenvalue weighted by atomic mass is 9.93. The molecule has 22 heavy (non-hydrogen) atoms. The van der Waals surface area contributed by atoms with Crippen LogP contribution in [0.4, 0.5) is 4.39 Å². The Balaban J connectivity index is 0.00000242. The molecule has 3 unspecified atom stereocenters. The summed E-state index contributed by atoms with van der Waals surface area (Å²) in [6, 6.07) is 6.98. The Hall–Kier alpha value is -1.13. The van der Waals surface area contributed by atoms with Crippen LogP contribution in [-0.2, 0) is 11.2 Å². The van der Waals surface area contributed by atoms with Gasteiger partial charge in [-0.1, -0.05) is 32.0 Å². The number of hydrogen-bond acceptors (Lipinski definition) is 2. The van der Waals surface area contributed by atoms with Gasteiger partial charge in [0.2, 0.25) is 5.91 Å². The van der Waals surface area contributed by atoms with E-state index in [-0.39, 0.29) is 36.1 Å². The van der Waals surface area contributed by atoms with Crippen LogP contribution in [0.5, 0.6) is 0 Å². The van der Waals surface area contributed by atoms with Crippen molar-refractivity contribution in [3.05, 3.63) is 35.6 Å². The molecule has 1 heterocycles. The molecule has 2 rings (SSSR count). The maximum Gasteiger partial charge on any atom is 0.223 e. The van der Waals surface area contributed by atoms with Gasteiger partial charge < -0.3 is 10.6 Å². The molecule has 3 nitrogen and oxygen atoms in total. The van der Waals surface area contributed by atoms with Crippen LogP contribution in [0, 0.1) is 17.7 Å². The van der Waals surface area contributed by atoms with Gasteiger partial charge >= 0.3 is 0 Å². The van der Waals surface area contributed by atoms with Gasteiger partial charge in [0.1, 0.15) is 5.82 Å². The van der Waals surface area contributed by atoms with Gasteiger partial charge in [0.15, 0.2) is 0 Å². The fourth-order valence-electron chi connectivity index (χ4n) is 2.71. The number of nitrogens with one attached hydrogen (secondary N) is 2. The van der Waals surface area contributed by atoms with E-state index in [2.05, 4.69) is 17.6 Å². The molecule has 0 spiro atoms. The second-order valence-electron chi connectivity index (χ2n) is 6.12. The number of carbonyl (C=O) groups is 1. The summed E-state index contributed by atoms with van der Waals surface area (Å²) < 4.78 is 13.6. The average Bonchev–Trinajstić information content (AvgIpc) is 2.48. The SMILES string of the molecule is CC(CCc1ccccc1F)C(=O)NC1CNCCC1C.Cl. The van der Waals surface area contributed by atoms with E-state index in [0.717, 1.165) is 19.5 Å². The normalized spacial score (nSPS) is 22.5. The highest BCUT2D eigenvalue weighted by atomic mass is 35.5. The molecule has 0 saturated carbocycles. The van der Waals surface area contributed by atoms with Crippen LogP contribution in [-0.4, -0.2) is 25.0 Å². The molecule has 1 saturated heterocycles. The molecule has 1 aliphatic rings. The number of amides is 1. The van der Waals surface area contributed by atoms with E-state index in [9.17, 15) is 9.18 Å². The van der Waals surface area contributed by atoms with E-state index >= 15 is 0 Å². The number of hydrogen-bond donors (Lipinski definition) is 2. The molecule has 0 bridgehead atoms. The molecular weight excluding hydrogens is 303 g/mol. The van der Waals surface area contributed by atoms with Crippen molar-refractivity contribution < 1.29 is 9.18 Å². The maximum absolute atomic E-state index is 13.6. The smallest absolute Gasteiger partial charge is 0.223 e. The van der Waals surface area contributed by atoms with E-state index in [0.29, 0.717) is 24.3 Å². The second kappa shape index (κ2) is 9.11. The molecule has 0 radical (unpaired) electrons. The summed E-state index contributed by atoms with van der Waals surface area (Å²) >= 11 is 0. The molecule has 3 atom stereocenters. The number of rotatable bonds is 5. The number of piperidine rings is 1. The molecule has 1 amide bonds. The predicted molar refractivity (Wildman–Crippen MR) is 89.7 cm³/mol. The Morgan fingerprint density at radius 1 is 1.45 bits per heavy atom. The van der Waals surface area contributed by atoms with Crippen molar-refractivity contribution >= 4 is 18.3 Å². The van der Waals surface area contributed by atoms with Crippen LogP contribution in [0.1, 0.15) is 32.3 Å². The molecule has 0 aromatic heterocycles. The highest BCUT2D eigenvalue weighted by Gasteiger charge is 2.24. The fraction of sp³-hybridized carbons (Fsp3) is 0.588. The fourth-order valence-corrected chi connectivity index (χ4v) is 2.71. The predicted octanol–water partition coefficient (Wildman–Crippen LogP) is 2.93. The first kappa shape index (κ1) is 18.9. The minimum atomic E-state index is -0.185. The lowest BCUT2D eigenvalue weighted by Crippen LogP contribution is -2.51. The lowest BCUT2D eigenvalue weighted by Gasteiger charge is -2.31. The second-order valence-corrected chi connectivity index (χ2v) is 6.12. The van der Waals surface area contributed by atoms with E-state index in [1.54, 1.807) is 12.1 Å². The van der Waals surface area contributed by atoms with E-state index in [1.807, 2.05) is 13.0 Å². The zero-order valence-electron chi connectivity index (χ0n) is 13.3. The van der Waals surface area contributed by atoms with Gasteiger partial charge in [-0.3, -0.25) is 4.79 Å². The van der Waals surface area contributed by atoms with E-state index in [4.69, 9.17) is 0 Å². The Morgan fingerprint density at radius 2 is 2.18 bits per heavy atom. The van der Waals surface area contributed by atoms with Gasteiger partial charge in [-0.15, -0.1) is 12.4 Å². The van der Waals surface area contributed by atoms with Gasteiger partial charge in [-0.2, -0.15) is 0 Å². The van der Waals surface area contributed by atoms with Crippen LogP contribution >= 0.6 is 12.4 Å². The summed E-state index contributed by atoms with van der Waals surface area (Å²) in [5.41, 5.74) is 0.685. The molecular formula is C17H26ClFN2O. The Morgan fingerprint density at radius 3 is 2.86 bits per heavy atom. The van der Waals surface area contributed by atoms with Crippen molar-refractivity contribution in [1.29, 1.82) is 0 Å². The third-order valence-electron chi connectivity index (χ3n) is 4.41. The minimum Gasteiger partial charge on any atom is -0.352 e. The lowest BCUT2D eigenvalue weighted by molar-refractivity contribution is -0.125. The molecule has 0 aliphatic carbocycles. The number of halogens is 2. The van der Waals surface area contributed by atoms with Crippen LogP contribution < -0.4 is 10.6 Å². The number of benzene rings is 1. The topological polar surface area (TPSA) is 41.1 Å². The average molecular weight is 329 g/mol. The molecule has 1 aromatic carbocycles. The Labute approximate surface area is 138 Å². The molecule has 1 aliphatic heterocycles. The van der Waals surface area contributed by atoms with Crippen molar-refractivity contribution in [2.45, 2.75) is 39.2 Å². The summed E-state index contributed by atoms with van der Waals surface area (Å²) in [6.07, 6.45) is 2.36. The van der Waals surface area contributed by atoms with Crippen molar-refractivity contribution in [3.63, 3.8) is 0 Å². The third-order valence-corrected chi connectivity index (χ3v) is 4.41. The van der Waals surface area contributed by atoms with Crippen molar-refractivity contribution in [2.75, 3.05) is 13.1 Å². The summed E-state index contributed by atoms with van der Waals surface area (Å²) in [6.45, 7) is 5.95. The highest BCUT2D eigenvalue weighted by Crippen LogP contribution is 2.15. The quantitative estimate of drug-likeness (QED) is 0.872. The Bertz CT molecular complexity index is 483. The summed E-state index contributed by atoms with van der Waals surface area (Å²) in [7, 11) is 0. The van der Waals surface area contributed by atoms with Gasteiger partial charge in [-0.25, -0.2) is 4.39 Å². The molecule has 124 valence electrons. The molecule has 1 fully saturated rings. The zero-order valence-corrected chi connectivity index (χ0v) is 14.1. The van der Waals surface area contributed by atoms with Crippen LogP contribution in [0.25, 0.3) is 0 Å². The van der Waals surface area contributed by atoms with Gasteiger partial charge in [0.05, 0.1) is 0 Å². The summed E-state index contributed by atoms with van der Waals surface area (Å²) in [5.74, 6) is 0.301. The zero-order chi connectivity index (χ0) is 15.2. The van der Waals surface area contributed by atoms with Crippen LogP contribution in [0.3, 0.4) is 0 Å². The Kier molecular flexibility index (Phi) is 7.83. The van der Waals surface area contributed by atoms with Crippen LogP contribution in [0.2, 0.25) is 0 Å². The number of carbonyl (C=O) groups excluding carboxylic acids is 1. The largest absolute Gasteiger partial charge is 0.352 e. The molecule has 1 aromatic rings. The van der Waals surface area contributed by atoms with Gasteiger partial charge in [0.25, 0.3) is 0 Å². The highest BCUT2D eigenvalue weighted by molar-refractivity contribution is 5.85. The van der Waals surface area contributed by atoms with Crippen molar-refractivity contribution in [1.82, 2.24) is 10.6 Å². The van der Waals surface area contributed by atoms with Crippen molar-refractivity contribution in [3.8, 4) is 0 Å². The first-order chi connectivity index (χ1) is 10.1. The summed E-state index contributed by atoms with van der Waals surface area (Å²) in [5, 5.41) is 6.43. The standard InChI is InChI=1S/C17H25FN2O.ClH/c1-12-9-10-19-11-16(12)20-17(21)13(2)7-8-14-5-3-4-6-15(14)18;/h3-6,12-13,16,19H,7-11H2,1-2H3,(H,20,21);1H. The van der Waals surface area contributed by atoms with Gasteiger partial charge in [-0.05, 0) is 43.4 Å². The van der Waals surface area contributed by atoms with Crippen LogP contribution in [0.15, 0.2) is 24.3 Å². The third kappa shape index (κ3) is 5.25. The number of aryl methyl sites for hydroxylation is 1.